The molecule has 0 aliphatic carbocycles. The minimum absolute atomic E-state index is 0.490. The molecule has 0 aliphatic rings. The number of benzene rings is 1. The summed E-state index contributed by atoms with van der Waals surface area (Å²) in [6.07, 6.45) is 13.4. The Kier molecular flexibility index (Phi) is 12.3. The number of allylic oxidation sites excluding steroid dienone is 3. The molecular formula is C17H22Cl2O. The molecule has 1 aromatic carbocycles. The van der Waals surface area contributed by atoms with Crippen molar-refractivity contribution in [3.8, 4) is 0 Å². The van der Waals surface area contributed by atoms with E-state index in [9.17, 15) is 4.79 Å². The fourth-order valence-corrected chi connectivity index (χ4v) is 1.68. The van der Waals surface area contributed by atoms with Crippen molar-refractivity contribution in [2.45, 2.75) is 39.5 Å². The zero-order chi connectivity index (χ0) is 15.2. The Balaban J connectivity index is 0.000000396. The van der Waals surface area contributed by atoms with E-state index in [4.69, 9.17) is 23.2 Å². The monoisotopic (exact) mass is 312 g/mol. The van der Waals surface area contributed by atoms with Crippen molar-refractivity contribution in [1.82, 2.24) is 0 Å². The summed E-state index contributed by atoms with van der Waals surface area (Å²) in [7, 11) is 0. The molecule has 0 aliphatic heterocycles. The van der Waals surface area contributed by atoms with Crippen LogP contribution in [0, 0.1) is 0 Å². The fourth-order valence-electron chi connectivity index (χ4n) is 1.37. The van der Waals surface area contributed by atoms with Gasteiger partial charge < -0.3 is 0 Å². The molecule has 0 heterocycles. The SMILES string of the molecule is CCC=CCCCC.O=C/C=C/c1ccc(Cl)c(Cl)c1. The number of rotatable bonds is 6. The molecule has 1 nitrogen and oxygen atoms in total. The smallest absolute Gasteiger partial charge is 0.142 e. The van der Waals surface area contributed by atoms with E-state index < -0.39 is 0 Å². The summed E-state index contributed by atoms with van der Waals surface area (Å²) in [5, 5.41) is 1.00. The maximum Gasteiger partial charge on any atom is 0.142 e. The van der Waals surface area contributed by atoms with Crippen LogP contribution in [0.3, 0.4) is 0 Å². The zero-order valence-corrected chi connectivity index (χ0v) is 13.6. The van der Waals surface area contributed by atoms with Gasteiger partial charge in [0.1, 0.15) is 6.29 Å². The lowest BCUT2D eigenvalue weighted by atomic mass is 10.2. The molecule has 0 fully saturated rings. The molecule has 110 valence electrons. The second-order valence-electron chi connectivity index (χ2n) is 4.19. The maximum absolute atomic E-state index is 9.98. The summed E-state index contributed by atoms with van der Waals surface area (Å²) in [6.45, 7) is 4.39. The average molecular weight is 313 g/mol. The molecule has 20 heavy (non-hydrogen) atoms. The van der Waals surface area contributed by atoms with Crippen molar-refractivity contribution in [3.05, 3.63) is 52.0 Å². The van der Waals surface area contributed by atoms with Crippen LogP contribution >= 0.6 is 23.2 Å². The van der Waals surface area contributed by atoms with Gasteiger partial charge in [0, 0.05) is 0 Å². The first-order valence-electron chi connectivity index (χ1n) is 6.87. The van der Waals surface area contributed by atoms with Crippen LogP contribution in [0.4, 0.5) is 0 Å². The number of halogens is 2. The summed E-state index contributed by atoms with van der Waals surface area (Å²) in [4.78, 5) is 9.98. The molecule has 1 aromatic rings. The van der Waals surface area contributed by atoms with Gasteiger partial charge in [-0.25, -0.2) is 0 Å². The van der Waals surface area contributed by atoms with Crippen molar-refractivity contribution in [2.24, 2.45) is 0 Å². The molecule has 0 spiro atoms. The molecule has 1 rings (SSSR count). The Morgan fingerprint density at radius 2 is 1.85 bits per heavy atom. The fraction of sp³-hybridized carbons (Fsp3) is 0.353. The minimum atomic E-state index is 0.490. The predicted octanol–water partition coefficient (Wildman–Crippen LogP) is 6.35. The van der Waals surface area contributed by atoms with Crippen molar-refractivity contribution >= 4 is 35.6 Å². The molecule has 0 N–H and O–H groups in total. The van der Waals surface area contributed by atoms with E-state index in [2.05, 4.69) is 26.0 Å². The van der Waals surface area contributed by atoms with Crippen molar-refractivity contribution in [3.63, 3.8) is 0 Å². The van der Waals surface area contributed by atoms with Crippen molar-refractivity contribution in [1.29, 1.82) is 0 Å². The number of hydrogen-bond donors (Lipinski definition) is 0. The molecule has 0 radical (unpaired) electrons. The number of unbranched alkanes of at least 4 members (excludes halogenated alkanes) is 2. The van der Waals surface area contributed by atoms with Crippen LogP contribution in [0.5, 0.6) is 0 Å². The lowest BCUT2D eigenvalue weighted by Crippen LogP contribution is -1.73. The van der Waals surface area contributed by atoms with Gasteiger partial charge >= 0.3 is 0 Å². The highest BCUT2D eigenvalue weighted by atomic mass is 35.5. The van der Waals surface area contributed by atoms with Crippen molar-refractivity contribution in [2.75, 3.05) is 0 Å². The zero-order valence-electron chi connectivity index (χ0n) is 12.1. The lowest BCUT2D eigenvalue weighted by Gasteiger charge is -1.95. The van der Waals surface area contributed by atoms with Crippen LogP contribution < -0.4 is 0 Å². The first-order chi connectivity index (χ1) is 9.65. The average Bonchev–Trinajstić information content (AvgIpc) is 2.46. The van der Waals surface area contributed by atoms with Crippen molar-refractivity contribution < 1.29 is 4.79 Å². The van der Waals surface area contributed by atoms with E-state index in [0.717, 1.165) is 5.56 Å². The third-order valence-electron chi connectivity index (χ3n) is 2.44. The maximum atomic E-state index is 9.98. The lowest BCUT2D eigenvalue weighted by molar-refractivity contribution is -0.104. The summed E-state index contributed by atoms with van der Waals surface area (Å²) in [5.41, 5.74) is 0.858. The van der Waals surface area contributed by atoms with Crippen LogP contribution in [0.15, 0.2) is 36.4 Å². The van der Waals surface area contributed by atoms with Crippen LogP contribution in [-0.2, 0) is 4.79 Å². The van der Waals surface area contributed by atoms with Gasteiger partial charge in [0.25, 0.3) is 0 Å². The molecule has 0 bridgehead atoms. The number of carbonyl (C=O) groups excluding carboxylic acids is 1. The first-order valence-corrected chi connectivity index (χ1v) is 7.63. The number of hydrogen-bond acceptors (Lipinski definition) is 1. The highest BCUT2D eigenvalue weighted by Crippen LogP contribution is 2.22. The second kappa shape index (κ2) is 13.0. The van der Waals surface area contributed by atoms with E-state index in [1.807, 2.05) is 0 Å². The number of carbonyl (C=O) groups is 1. The van der Waals surface area contributed by atoms with Gasteiger partial charge in [-0.3, -0.25) is 4.79 Å². The topological polar surface area (TPSA) is 17.1 Å². The minimum Gasteiger partial charge on any atom is -0.299 e. The van der Waals surface area contributed by atoms with Gasteiger partial charge in [-0.05, 0) is 36.6 Å². The summed E-state index contributed by atoms with van der Waals surface area (Å²) in [6, 6.07) is 5.17. The van der Waals surface area contributed by atoms with Crippen LogP contribution in [0.25, 0.3) is 6.08 Å². The Hall–Kier alpha value is -1.05. The van der Waals surface area contributed by atoms with E-state index in [1.54, 1.807) is 24.3 Å². The Morgan fingerprint density at radius 1 is 1.10 bits per heavy atom. The van der Waals surface area contributed by atoms with E-state index in [-0.39, 0.29) is 0 Å². The van der Waals surface area contributed by atoms with Crippen LogP contribution in [0.2, 0.25) is 10.0 Å². The van der Waals surface area contributed by atoms with Gasteiger partial charge in [0.15, 0.2) is 0 Å². The van der Waals surface area contributed by atoms with E-state index in [0.29, 0.717) is 16.3 Å². The standard InChI is InChI=1S/C9H6Cl2O.C8H16/c10-8-4-3-7(2-1-5-12)6-9(8)11;1-3-5-7-8-6-4-2/h1-6H;5,7H,3-4,6,8H2,1-2H3/b2-1+;. The third kappa shape index (κ3) is 9.82. The largest absolute Gasteiger partial charge is 0.299 e. The highest BCUT2D eigenvalue weighted by Gasteiger charge is 1.95. The van der Waals surface area contributed by atoms with Gasteiger partial charge in [-0.15, -0.1) is 0 Å². The molecule has 0 saturated carbocycles. The quantitative estimate of drug-likeness (QED) is 0.259. The molecular weight excluding hydrogens is 291 g/mol. The highest BCUT2D eigenvalue weighted by molar-refractivity contribution is 6.42. The predicted molar refractivity (Wildman–Crippen MR) is 90.5 cm³/mol. The van der Waals surface area contributed by atoms with Gasteiger partial charge in [0.2, 0.25) is 0 Å². The van der Waals surface area contributed by atoms with Gasteiger partial charge in [-0.2, -0.15) is 0 Å². The van der Waals surface area contributed by atoms with Gasteiger partial charge in [-0.1, -0.05) is 74.2 Å². The summed E-state index contributed by atoms with van der Waals surface area (Å²) < 4.78 is 0. The second-order valence-corrected chi connectivity index (χ2v) is 5.01. The van der Waals surface area contributed by atoms with Crippen LogP contribution in [-0.4, -0.2) is 6.29 Å². The third-order valence-corrected chi connectivity index (χ3v) is 3.18. The van der Waals surface area contributed by atoms with E-state index in [1.165, 1.54) is 31.8 Å². The molecule has 0 aromatic heterocycles. The number of aldehydes is 1. The Morgan fingerprint density at radius 3 is 2.40 bits per heavy atom. The molecule has 0 atom stereocenters. The summed E-state index contributed by atoms with van der Waals surface area (Å²) >= 11 is 11.4. The molecule has 0 saturated heterocycles. The van der Waals surface area contributed by atoms with Crippen LogP contribution in [0.1, 0.15) is 45.1 Å². The molecule has 0 unspecified atom stereocenters. The normalized spacial score (nSPS) is 10.6. The Labute approximate surface area is 132 Å². The van der Waals surface area contributed by atoms with Gasteiger partial charge in [0.05, 0.1) is 10.0 Å². The Bertz CT molecular complexity index is 437. The molecule has 0 amide bonds. The molecule has 3 heteroatoms. The van der Waals surface area contributed by atoms with E-state index >= 15 is 0 Å². The summed E-state index contributed by atoms with van der Waals surface area (Å²) in [5.74, 6) is 0. The first kappa shape index (κ1) is 18.9.